The van der Waals surface area contributed by atoms with E-state index in [0.717, 1.165) is 38.9 Å². The standard InChI is InChI=1S/C21H35N5O2/c1-17(2)20(27)26(13-7-11-24-9-4-5-10-24)18-8-6-12-25(14-18)21(28)19-15-23(3)16-22-19/h15-18H,4-14H2,1-3H3/t18-/m0/s1. The van der Waals surface area contributed by atoms with Gasteiger partial charge in [-0.05, 0) is 51.7 Å². The van der Waals surface area contributed by atoms with Gasteiger partial charge < -0.3 is 19.3 Å². The molecule has 3 rings (SSSR count). The first-order valence-corrected chi connectivity index (χ1v) is 10.8. The maximum atomic E-state index is 12.9. The predicted molar refractivity (Wildman–Crippen MR) is 109 cm³/mol. The molecule has 0 saturated carbocycles. The molecule has 0 radical (unpaired) electrons. The van der Waals surface area contributed by atoms with Crippen LogP contribution in [-0.2, 0) is 11.8 Å². The maximum absolute atomic E-state index is 12.9. The summed E-state index contributed by atoms with van der Waals surface area (Å²) >= 11 is 0. The molecule has 7 nitrogen and oxygen atoms in total. The van der Waals surface area contributed by atoms with Crippen LogP contribution in [0.3, 0.4) is 0 Å². The normalized spacial score (nSPS) is 20.7. The summed E-state index contributed by atoms with van der Waals surface area (Å²) in [7, 11) is 1.87. The van der Waals surface area contributed by atoms with E-state index in [2.05, 4.69) is 14.8 Å². The number of imidazole rings is 1. The van der Waals surface area contributed by atoms with Gasteiger partial charge in [-0.2, -0.15) is 0 Å². The lowest BCUT2D eigenvalue weighted by atomic mass is 10.0. The smallest absolute Gasteiger partial charge is 0.274 e. The lowest BCUT2D eigenvalue weighted by Gasteiger charge is -2.40. The topological polar surface area (TPSA) is 61.7 Å². The fourth-order valence-electron chi connectivity index (χ4n) is 4.35. The molecule has 1 atom stereocenters. The van der Waals surface area contributed by atoms with Crippen molar-refractivity contribution in [1.29, 1.82) is 0 Å². The Bertz CT molecular complexity index is 666. The van der Waals surface area contributed by atoms with Crippen molar-refractivity contribution >= 4 is 11.8 Å². The molecule has 28 heavy (non-hydrogen) atoms. The number of rotatable bonds is 7. The lowest BCUT2D eigenvalue weighted by Crippen LogP contribution is -2.53. The fourth-order valence-corrected chi connectivity index (χ4v) is 4.35. The van der Waals surface area contributed by atoms with Crippen LogP contribution in [0.2, 0.25) is 0 Å². The molecule has 2 fully saturated rings. The summed E-state index contributed by atoms with van der Waals surface area (Å²) in [5.74, 6) is 0.159. The highest BCUT2D eigenvalue weighted by molar-refractivity contribution is 5.92. The third-order valence-corrected chi connectivity index (χ3v) is 5.90. The molecule has 156 valence electrons. The summed E-state index contributed by atoms with van der Waals surface area (Å²) in [5, 5.41) is 0. The summed E-state index contributed by atoms with van der Waals surface area (Å²) in [4.78, 5) is 36.4. The van der Waals surface area contributed by atoms with Crippen molar-refractivity contribution in [1.82, 2.24) is 24.3 Å². The number of carbonyl (C=O) groups excluding carboxylic acids is 2. The quantitative estimate of drug-likeness (QED) is 0.716. The molecule has 0 spiro atoms. The molecule has 0 aromatic carbocycles. The molecular formula is C21H35N5O2. The highest BCUT2D eigenvalue weighted by atomic mass is 16.2. The van der Waals surface area contributed by atoms with E-state index >= 15 is 0 Å². The predicted octanol–water partition coefficient (Wildman–Crippen LogP) is 2.00. The van der Waals surface area contributed by atoms with Gasteiger partial charge in [-0.1, -0.05) is 13.8 Å². The maximum Gasteiger partial charge on any atom is 0.274 e. The van der Waals surface area contributed by atoms with Gasteiger partial charge >= 0.3 is 0 Å². The molecule has 1 aromatic heterocycles. The zero-order valence-electron chi connectivity index (χ0n) is 17.6. The first-order valence-electron chi connectivity index (χ1n) is 10.8. The van der Waals surface area contributed by atoms with Crippen LogP contribution in [0, 0.1) is 5.92 Å². The second kappa shape index (κ2) is 9.54. The SMILES string of the molecule is CC(C)C(=O)N(CCCN1CCCC1)[C@H]1CCCN(C(=O)c2cn(C)cn2)C1. The largest absolute Gasteiger partial charge is 0.340 e. The van der Waals surface area contributed by atoms with Gasteiger partial charge in [-0.3, -0.25) is 9.59 Å². The Balaban J connectivity index is 1.62. The van der Waals surface area contributed by atoms with E-state index in [-0.39, 0.29) is 23.8 Å². The van der Waals surface area contributed by atoms with E-state index in [0.29, 0.717) is 12.2 Å². The molecule has 0 bridgehead atoms. The van der Waals surface area contributed by atoms with Crippen molar-refractivity contribution < 1.29 is 9.59 Å². The highest BCUT2D eigenvalue weighted by Crippen LogP contribution is 2.20. The van der Waals surface area contributed by atoms with Crippen LogP contribution < -0.4 is 0 Å². The summed E-state index contributed by atoms with van der Waals surface area (Å²) in [6.45, 7) is 9.50. The Morgan fingerprint density at radius 2 is 1.96 bits per heavy atom. The minimum atomic E-state index is -0.0284. The molecule has 2 saturated heterocycles. The number of nitrogens with zero attached hydrogens (tertiary/aromatic N) is 5. The first-order chi connectivity index (χ1) is 13.5. The molecule has 0 unspecified atom stereocenters. The molecule has 3 heterocycles. The lowest BCUT2D eigenvalue weighted by molar-refractivity contribution is -0.138. The van der Waals surface area contributed by atoms with E-state index in [1.165, 1.54) is 25.9 Å². The van der Waals surface area contributed by atoms with Crippen LogP contribution in [0.15, 0.2) is 12.5 Å². The molecule has 0 aliphatic carbocycles. The van der Waals surface area contributed by atoms with Crippen molar-refractivity contribution in [2.45, 2.75) is 52.0 Å². The van der Waals surface area contributed by atoms with Crippen LogP contribution in [0.5, 0.6) is 0 Å². The fraction of sp³-hybridized carbons (Fsp3) is 0.762. The van der Waals surface area contributed by atoms with Gasteiger partial charge in [0.1, 0.15) is 5.69 Å². The number of carbonyl (C=O) groups is 2. The van der Waals surface area contributed by atoms with E-state index in [4.69, 9.17) is 0 Å². The van der Waals surface area contributed by atoms with Gasteiger partial charge in [0.05, 0.1) is 6.33 Å². The Labute approximate surface area is 168 Å². The Kier molecular flexibility index (Phi) is 7.10. The molecule has 2 aliphatic rings. The van der Waals surface area contributed by atoms with E-state index in [9.17, 15) is 9.59 Å². The van der Waals surface area contributed by atoms with E-state index in [1.807, 2.05) is 25.8 Å². The Morgan fingerprint density at radius 3 is 2.61 bits per heavy atom. The van der Waals surface area contributed by atoms with Gasteiger partial charge in [0.15, 0.2) is 0 Å². The summed E-state index contributed by atoms with van der Waals surface area (Å²) in [6, 6.07) is 0.106. The average molecular weight is 390 g/mol. The second-order valence-corrected chi connectivity index (χ2v) is 8.56. The van der Waals surface area contributed by atoms with Gasteiger partial charge in [0.25, 0.3) is 5.91 Å². The number of hydrogen-bond acceptors (Lipinski definition) is 4. The Hall–Kier alpha value is -1.89. The van der Waals surface area contributed by atoms with Crippen LogP contribution in [-0.4, -0.2) is 81.4 Å². The van der Waals surface area contributed by atoms with Gasteiger partial charge in [-0.15, -0.1) is 0 Å². The highest BCUT2D eigenvalue weighted by Gasteiger charge is 2.32. The van der Waals surface area contributed by atoms with Crippen LogP contribution >= 0.6 is 0 Å². The first kappa shape index (κ1) is 20.8. The average Bonchev–Trinajstić information content (AvgIpc) is 3.36. The van der Waals surface area contributed by atoms with Crippen molar-refractivity contribution in [2.75, 3.05) is 39.3 Å². The summed E-state index contributed by atoms with van der Waals surface area (Å²) < 4.78 is 1.79. The van der Waals surface area contributed by atoms with Gasteiger partial charge in [0, 0.05) is 44.8 Å². The van der Waals surface area contributed by atoms with Crippen molar-refractivity contribution in [3.63, 3.8) is 0 Å². The zero-order valence-corrected chi connectivity index (χ0v) is 17.6. The molecular weight excluding hydrogens is 354 g/mol. The minimum absolute atomic E-state index is 0.0198. The van der Waals surface area contributed by atoms with Crippen LogP contribution in [0.4, 0.5) is 0 Å². The monoisotopic (exact) mass is 389 g/mol. The number of aryl methyl sites for hydroxylation is 1. The third kappa shape index (κ3) is 5.13. The number of aromatic nitrogens is 2. The number of piperidine rings is 1. The van der Waals surface area contributed by atoms with Crippen molar-refractivity contribution in [3.8, 4) is 0 Å². The summed E-state index contributed by atoms with van der Waals surface area (Å²) in [5.41, 5.74) is 0.485. The molecule has 2 aliphatic heterocycles. The van der Waals surface area contributed by atoms with Crippen LogP contribution in [0.1, 0.15) is 56.4 Å². The van der Waals surface area contributed by atoms with E-state index in [1.54, 1.807) is 17.1 Å². The third-order valence-electron chi connectivity index (χ3n) is 5.90. The number of likely N-dealkylation sites (tertiary alicyclic amines) is 2. The number of amides is 2. The number of hydrogen-bond donors (Lipinski definition) is 0. The Morgan fingerprint density at radius 1 is 1.21 bits per heavy atom. The molecule has 0 N–H and O–H groups in total. The molecule has 2 amide bonds. The second-order valence-electron chi connectivity index (χ2n) is 8.56. The molecule has 7 heteroatoms. The van der Waals surface area contributed by atoms with Gasteiger partial charge in [0.2, 0.25) is 5.91 Å². The van der Waals surface area contributed by atoms with Crippen molar-refractivity contribution in [2.24, 2.45) is 13.0 Å². The van der Waals surface area contributed by atoms with Gasteiger partial charge in [-0.25, -0.2) is 4.98 Å². The zero-order chi connectivity index (χ0) is 20.1. The van der Waals surface area contributed by atoms with Crippen LogP contribution in [0.25, 0.3) is 0 Å². The van der Waals surface area contributed by atoms with Crippen molar-refractivity contribution in [3.05, 3.63) is 18.2 Å². The summed E-state index contributed by atoms with van der Waals surface area (Å²) in [6.07, 6.45) is 8.90. The van der Waals surface area contributed by atoms with E-state index < -0.39 is 0 Å². The molecule has 1 aromatic rings. The minimum Gasteiger partial charge on any atom is -0.340 e.